The molecule has 146 valence electrons. The summed E-state index contributed by atoms with van der Waals surface area (Å²) in [6.07, 6.45) is 4.96. The highest BCUT2D eigenvalue weighted by atomic mass is 32.1. The maximum atomic E-state index is 11.0. The summed E-state index contributed by atoms with van der Waals surface area (Å²) >= 11 is 1.46. The zero-order valence-electron chi connectivity index (χ0n) is 15.5. The van der Waals surface area contributed by atoms with Gasteiger partial charge in [0.2, 0.25) is 11.8 Å². The van der Waals surface area contributed by atoms with E-state index in [0.29, 0.717) is 6.54 Å². The van der Waals surface area contributed by atoms with Crippen LogP contribution < -0.4 is 15.7 Å². The number of hydrogen-bond donors (Lipinski definition) is 3. The Morgan fingerprint density at radius 1 is 1.39 bits per heavy atom. The van der Waals surface area contributed by atoms with E-state index >= 15 is 0 Å². The lowest BCUT2D eigenvalue weighted by molar-refractivity contribution is -0.119. The average molecular weight is 398 g/mol. The molecule has 1 aromatic carbocycles. The van der Waals surface area contributed by atoms with Crippen molar-refractivity contribution in [1.82, 2.24) is 15.8 Å². The number of aromatic nitrogens is 1. The van der Waals surface area contributed by atoms with Gasteiger partial charge in [-0.15, -0.1) is 11.3 Å². The Morgan fingerprint density at radius 2 is 2.18 bits per heavy atom. The van der Waals surface area contributed by atoms with E-state index < -0.39 is 0 Å². The van der Waals surface area contributed by atoms with Crippen LogP contribution in [0.3, 0.4) is 0 Å². The molecule has 0 saturated carbocycles. The largest absolute Gasteiger partial charge is 0.493 e. The van der Waals surface area contributed by atoms with E-state index in [0.717, 1.165) is 35.9 Å². The van der Waals surface area contributed by atoms with E-state index in [1.54, 1.807) is 5.38 Å². The van der Waals surface area contributed by atoms with Gasteiger partial charge < -0.3 is 15.3 Å². The lowest BCUT2D eigenvalue weighted by Crippen LogP contribution is -2.30. The molecule has 0 saturated heterocycles. The number of thiazole rings is 1. The molecular formula is C20H22N4O3S. The Kier molecular flexibility index (Phi) is 5.31. The van der Waals surface area contributed by atoms with Crippen molar-refractivity contribution in [2.75, 3.05) is 24.5 Å². The van der Waals surface area contributed by atoms with Crippen LogP contribution in [0.5, 0.6) is 5.88 Å². The molecule has 0 aliphatic carbocycles. The van der Waals surface area contributed by atoms with Crippen LogP contribution in [0.25, 0.3) is 11.3 Å². The molecule has 4 rings (SSSR count). The topological polar surface area (TPSA) is 86.7 Å². The second-order valence-electron chi connectivity index (χ2n) is 6.77. The highest BCUT2D eigenvalue weighted by Crippen LogP contribution is 2.30. The number of carbonyl (C=O) groups is 1. The van der Waals surface area contributed by atoms with Gasteiger partial charge in [-0.3, -0.25) is 15.1 Å². The number of amides is 1. The summed E-state index contributed by atoms with van der Waals surface area (Å²) in [6, 6.07) is 8.39. The van der Waals surface area contributed by atoms with Crippen molar-refractivity contribution in [2.45, 2.75) is 19.4 Å². The number of carbonyl (C=O) groups excluding carboxylic acids is 1. The first-order valence-electron chi connectivity index (χ1n) is 9.15. The van der Waals surface area contributed by atoms with Crippen molar-refractivity contribution in [3.8, 4) is 5.88 Å². The normalized spacial score (nSPS) is 19.0. The molecular weight excluding hydrogens is 376 g/mol. The predicted molar refractivity (Wildman–Crippen MR) is 110 cm³/mol. The van der Waals surface area contributed by atoms with E-state index in [-0.39, 0.29) is 17.9 Å². The highest BCUT2D eigenvalue weighted by molar-refractivity contribution is 7.13. The third-order valence-electron chi connectivity index (χ3n) is 4.75. The minimum Gasteiger partial charge on any atom is -0.493 e. The maximum Gasteiger partial charge on any atom is 0.223 e. The van der Waals surface area contributed by atoms with Crippen LogP contribution in [0, 0.1) is 0 Å². The van der Waals surface area contributed by atoms with E-state index in [2.05, 4.69) is 51.0 Å². The number of hydroxylamine groups is 1. The first kappa shape index (κ1) is 18.5. The van der Waals surface area contributed by atoms with Crippen LogP contribution >= 0.6 is 11.3 Å². The molecule has 2 aromatic rings. The van der Waals surface area contributed by atoms with Crippen molar-refractivity contribution >= 4 is 33.6 Å². The first-order valence-corrected chi connectivity index (χ1v) is 10.0. The minimum absolute atomic E-state index is 0.0687. The van der Waals surface area contributed by atoms with Crippen LogP contribution in [-0.4, -0.2) is 41.7 Å². The third kappa shape index (κ3) is 4.18. The van der Waals surface area contributed by atoms with Gasteiger partial charge in [0.25, 0.3) is 0 Å². The van der Waals surface area contributed by atoms with E-state index in [1.165, 1.54) is 29.4 Å². The molecule has 1 amide bonds. The van der Waals surface area contributed by atoms with Crippen LogP contribution in [0.4, 0.5) is 5.13 Å². The molecule has 8 heteroatoms. The number of rotatable bonds is 5. The molecule has 2 aliphatic rings. The fraction of sp³-hybridized carbons (Fsp3) is 0.300. The number of anilines is 1. The summed E-state index contributed by atoms with van der Waals surface area (Å²) in [5.74, 6) is 0.0178. The van der Waals surface area contributed by atoms with E-state index in [1.807, 2.05) is 6.08 Å². The molecule has 3 N–H and O–H groups in total. The number of nitrogens with zero attached hydrogens (tertiary/aromatic N) is 2. The molecule has 0 fully saturated rings. The van der Waals surface area contributed by atoms with Gasteiger partial charge in [-0.25, -0.2) is 0 Å². The van der Waals surface area contributed by atoms with Gasteiger partial charge in [0.1, 0.15) is 6.10 Å². The summed E-state index contributed by atoms with van der Waals surface area (Å²) in [6.45, 7) is 3.61. The molecule has 0 bridgehead atoms. The summed E-state index contributed by atoms with van der Waals surface area (Å²) in [5, 5.41) is 14.7. The number of benzene rings is 1. The van der Waals surface area contributed by atoms with Crippen molar-refractivity contribution < 1.29 is 14.7 Å². The molecule has 3 heterocycles. The van der Waals surface area contributed by atoms with E-state index in [9.17, 15) is 9.90 Å². The van der Waals surface area contributed by atoms with Gasteiger partial charge in [-0.1, -0.05) is 30.3 Å². The predicted octanol–water partition coefficient (Wildman–Crippen LogP) is 2.52. The van der Waals surface area contributed by atoms with Crippen LogP contribution in [-0.2, 0) is 9.63 Å². The van der Waals surface area contributed by atoms with Crippen molar-refractivity contribution in [1.29, 1.82) is 0 Å². The van der Waals surface area contributed by atoms with Gasteiger partial charge in [-0.05, 0) is 29.2 Å². The Balaban J connectivity index is 1.39. The molecule has 1 unspecified atom stereocenters. The molecule has 0 spiro atoms. The van der Waals surface area contributed by atoms with Gasteiger partial charge >= 0.3 is 0 Å². The zero-order valence-corrected chi connectivity index (χ0v) is 16.3. The summed E-state index contributed by atoms with van der Waals surface area (Å²) in [4.78, 5) is 22.8. The van der Waals surface area contributed by atoms with Crippen LogP contribution in [0.1, 0.15) is 24.5 Å². The fourth-order valence-corrected chi connectivity index (χ4v) is 3.99. The van der Waals surface area contributed by atoms with E-state index in [4.69, 9.17) is 4.84 Å². The molecule has 7 nitrogen and oxygen atoms in total. The molecule has 1 aromatic heterocycles. The van der Waals surface area contributed by atoms with Crippen molar-refractivity contribution in [3.63, 3.8) is 0 Å². The van der Waals surface area contributed by atoms with Gasteiger partial charge in [0.05, 0.1) is 17.6 Å². The summed E-state index contributed by atoms with van der Waals surface area (Å²) in [5.41, 5.74) is 7.42. The Morgan fingerprint density at radius 3 is 2.82 bits per heavy atom. The highest BCUT2D eigenvalue weighted by Gasteiger charge is 2.19. The third-order valence-corrected chi connectivity index (χ3v) is 5.64. The standard InChI is InChI=1S/C20H22N4O3S/c1-13(25)21-11-17-10-18(23-27-17)16-4-2-14(3-5-16)15-6-8-24(9-7-15)20-22-19(26)12-28-20/h2-6,10,12,17,23,26H,7-9,11H2,1H3,(H,21,25). The molecule has 28 heavy (non-hydrogen) atoms. The van der Waals surface area contributed by atoms with Crippen molar-refractivity contribution in [3.05, 3.63) is 52.9 Å². The minimum atomic E-state index is -0.170. The second-order valence-corrected chi connectivity index (χ2v) is 7.60. The lowest BCUT2D eigenvalue weighted by atomic mass is 9.98. The number of nitrogens with one attached hydrogen (secondary N) is 2. The number of aromatic hydroxyl groups is 1. The summed E-state index contributed by atoms with van der Waals surface area (Å²) < 4.78 is 0. The van der Waals surface area contributed by atoms with Crippen LogP contribution in [0.15, 0.2) is 41.8 Å². The van der Waals surface area contributed by atoms with Crippen LogP contribution in [0.2, 0.25) is 0 Å². The Bertz CT molecular complexity index is 920. The number of hydrogen-bond acceptors (Lipinski definition) is 7. The second kappa shape index (κ2) is 8.04. The molecule has 2 aliphatic heterocycles. The quantitative estimate of drug-likeness (QED) is 0.718. The smallest absolute Gasteiger partial charge is 0.223 e. The Hall–Kier alpha value is -2.84. The SMILES string of the molecule is CC(=O)NCC1C=C(c2ccc(C3=CCN(c4nc(O)cs4)CC3)cc2)NO1. The maximum absolute atomic E-state index is 11.0. The van der Waals surface area contributed by atoms with Gasteiger partial charge in [0.15, 0.2) is 5.13 Å². The average Bonchev–Trinajstić information content (AvgIpc) is 3.36. The van der Waals surface area contributed by atoms with Crippen molar-refractivity contribution in [2.24, 2.45) is 0 Å². The molecule has 1 atom stereocenters. The Labute approximate surface area is 167 Å². The monoisotopic (exact) mass is 398 g/mol. The molecule has 0 radical (unpaired) electrons. The van der Waals surface area contributed by atoms with Gasteiger partial charge in [-0.2, -0.15) is 4.98 Å². The van der Waals surface area contributed by atoms with Gasteiger partial charge in [0, 0.05) is 20.0 Å². The lowest BCUT2D eigenvalue weighted by Gasteiger charge is -2.26. The zero-order chi connectivity index (χ0) is 19.5. The summed E-state index contributed by atoms with van der Waals surface area (Å²) in [7, 11) is 0. The first-order chi connectivity index (χ1) is 13.6. The fourth-order valence-electron chi connectivity index (χ4n) is 3.26.